The number of amides is 5. The Balaban J connectivity index is 1.52. The van der Waals surface area contributed by atoms with Gasteiger partial charge in [0.25, 0.3) is 11.8 Å². The van der Waals surface area contributed by atoms with Crippen molar-refractivity contribution in [1.82, 2.24) is 36.1 Å². The fourth-order valence-corrected chi connectivity index (χ4v) is 7.18. The van der Waals surface area contributed by atoms with E-state index in [1.54, 1.807) is 65.0 Å². The molecule has 2 fully saturated rings. The number of rotatable bonds is 17. The number of fused-ring (bicyclic) bond motifs is 1. The zero-order valence-electron chi connectivity index (χ0n) is 31.2. The number of carbonyl (C=O) groups excluding carboxylic acids is 6. The van der Waals surface area contributed by atoms with Gasteiger partial charge >= 0.3 is 5.97 Å². The van der Waals surface area contributed by atoms with Gasteiger partial charge in [0.2, 0.25) is 23.5 Å². The van der Waals surface area contributed by atoms with Gasteiger partial charge in [-0.05, 0) is 42.6 Å². The highest BCUT2D eigenvalue weighted by Gasteiger charge is 2.55. The second kappa shape index (κ2) is 18.7. The van der Waals surface area contributed by atoms with Crippen LogP contribution in [0.2, 0.25) is 0 Å². The molecular formula is C38H50FN7O8. The number of halogens is 1. The minimum absolute atomic E-state index is 0.00287. The molecular weight excluding hydrogens is 701 g/mol. The molecule has 1 saturated heterocycles. The molecule has 1 saturated carbocycles. The van der Waals surface area contributed by atoms with E-state index in [1.165, 1.54) is 23.5 Å². The first kappa shape index (κ1) is 41.5. The van der Waals surface area contributed by atoms with Gasteiger partial charge < -0.3 is 31.3 Å². The summed E-state index contributed by atoms with van der Waals surface area (Å²) >= 11 is 0. The third kappa shape index (κ3) is 10.0. The fraction of sp³-hybridized carbons (Fsp3) is 0.553. The number of benzene rings is 1. The van der Waals surface area contributed by atoms with Crippen LogP contribution < -0.4 is 21.3 Å². The van der Waals surface area contributed by atoms with Crippen LogP contribution in [0.15, 0.2) is 48.9 Å². The van der Waals surface area contributed by atoms with Gasteiger partial charge in [-0.25, -0.2) is 14.2 Å². The Morgan fingerprint density at radius 3 is 2.15 bits per heavy atom. The number of nitrogens with one attached hydrogen (secondary N) is 4. The number of carboxylic acid groups (broad SMARTS) is 1. The Hall–Kier alpha value is -5.28. The number of carboxylic acids is 1. The number of likely N-dealkylation sites (tertiary alicyclic amines) is 1. The fourth-order valence-electron chi connectivity index (χ4n) is 7.18. The largest absolute Gasteiger partial charge is 0.480 e. The molecule has 5 N–H and O–H groups in total. The summed E-state index contributed by atoms with van der Waals surface area (Å²) in [5, 5.41) is 20.0. The van der Waals surface area contributed by atoms with Crippen molar-refractivity contribution in [3.63, 3.8) is 0 Å². The van der Waals surface area contributed by atoms with E-state index in [0.717, 1.165) is 0 Å². The van der Waals surface area contributed by atoms with Crippen molar-refractivity contribution in [2.45, 2.75) is 103 Å². The molecule has 2 unspecified atom stereocenters. The Bertz CT molecular complexity index is 1680. The molecule has 2 heterocycles. The lowest BCUT2D eigenvalue weighted by Crippen LogP contribution is -2.60. The topological polar surface area (TPSA) is 217 Å². The van der Waals surface area contributed by atoms with Crippen LogP contribution in [0.5, 0.6) is 0 Å². The van der Waals surface area contributed by atoms with Crippen LogP contribution in [0.3, 0.4) is 0 Å². The van der Waals surface area contributed by atoms with Gasteiger partial charge in [-0.3, -0.25) is 33.8 Å². The Labute approximate surface area is 313 Å². The van der Waals surface area contributed by atoms with Crippen LogP contribution in [-0.4, -0.2) is 104 Å². The molecule has 1 aromatic heterocycles. The smallest absolute Gasteiger partial charge is 0.326 e. The normalized spacial score (nSPS) is 21.4. The van der Waals surface area contributed by atoms with Crippen LogP contribution in [0.4, 0.5) is 4.39 Å². The first-order valence-electron chi connectivity index (χ1n) is 18.4. The molecule has 0 bridgehead atoms. The molecule has 5 amide bonds. The Morgan fingerprint density at radius 2 is 1.56 bits per heavy atom. The van der Waals surface area contributed by atoms with Gasteiger partial charge in [-0.15, -0.1) is 0 Å². The standard InChI is InChI=1S/C38H50FN7O8/c1-6-10-26(32(47)36(51)43-27(38(53)54)17-22-11-8-7-9-12-22)42-35(50)31-23-13-14-25(39)24(23)19-46(31)37(52)30(21(4)5)45-34(49)29(20(2)3)44-33(48)28-18-40-15-16-41-28/h7-9,11-12,15-16,18,20-21,23-27,29-31H,6,10,13-14,17,19H2,1-5H3,(H,42,50)(H,43,51)(H,44,48)(H,45,49)(H,53,54)/t23-,24-,25-,26?,27-,29+,30?,31-/m0/s1. The monoisotopic (exact) mass is 751 g/mol. The predicted molar refractivity (Wildman–Crippen MR) is 193 cm³/mol. The molecule has 2 aromatic rings. The molecule has 8 atom stereocenters. The third-order valence-corrected chi connectivity index (χ3v) is 10.1. The summed E-state index contributed by atoms with van der Waals surface area (Å²) in [6.45, 7) is 8.47. The Morgan fingerprint density at radius 1 is 0.870 bits per heavy atom. The summed E-state index contributed by atoms with van der Waals surface area (Å²) in [6, 6.07) is 2.35. The molecule has 16 heteroatoms. The van der Waals surface area contributed by atoms with E-state index in [0.29, 0.717) is 18.4 Å². The molecule has 15 nitrogen and oxygen atoms in total. The number of aromatic nitrogens is 2. The first-order valence-corrected chi connectivity index (χ1v) is 18.4. The number of ketones is 1. The number of Topliss-reactive ketones (excluding diaryl/α,β-unsaturated/α-hetero) is 1. The summed E-state index contributed by atoms with van der Waals surface area (Å²) in [7, 11) is 0. The summed E-state index contributed by atoms with van der Waals surface area (Å²) in [5.41, 5.74) is 0.624. The SMILES string of the molecule is CCCC(NC(=O)[C@@H]1[C@H]2CC[C@H](F)[C@H]2CN1C(=O)C(NC(=O)[C@H](NC(=O)c1cnccn1)C(C)C)C(C)C)C(=O)C(=O)N[C@@H](Cc1ccccc1)C(=O)O. The predicted octanol–water partition coefficient (Wildman–Crippen LogP) is 1.61. The minimum Gasteiger partial charge on any atom is -0.480 e. The second-order valence-corrected chi connectivity index (χ2v) is 14.6. The zero-order chi connectivity index (χ0) is 39.7. The third-order valence-electron chi connectivity index (χ3n) is 10.1. The lowest BCUT2D eigenvalue weighted by Gasteiger charge is -2.34. The quantitative estimate of drug-likeness (QED) is 0.147. The maximum atomic E-state index is 15.2. The number of hydrogen-bond acceptors (Lipinski definition) is 9. The Kier molecular flexibility index (Phi) is 14.3. The van der Waals surface area contributed by atoms with E-state index < -0.39 is 101 Å². The molecule has 1 aliphatic heterocycles. The highest BCUT2D eigenvalue weighted by Crippen LogP contribution is 2.44. The van der Waals surface area contributed by atoms with Crippen LogP contribution in [0.1, 0.15) is 76.4 Å². The summed E-state index contributed by atoms with van der Waals surface area (Å²) in [6.07, 6.45) is 3.52. The highest BCUT2D eigenvalue weighted by molar-refractivity contribution is 6.38. The van der Waals surface area contributed by atoms with Crippen molar-refractivity contribution in [2.75, 3.05) is 6.54 Å². The van der Waals surface area contributed by atoms with Crippen molar-refractivity contribution in [3.8, 4) is 0 Å². The molecule has 0 radical (unpaired) electrons. The maximum absolute atomic E-state index is 15.2. The van der Waals surface area contributed by atoms with Gasteiger partial charge in [0.15, 0.2) is 0 Å². The van der Waals surface area contributed by atoms with E-state index in [2.05, 4.69) is 31.2 Å². The number of carbonyl (C=O) groups is 7. The average Bonchev–Trinajstić information content (AvgIpc) is 3.71. The van der Waals surface area contributed by atoms with Crippen LogP contribution in [0.25, 0.3) is 0 Å². The molecule has 1 aliphatic carbocycles. The number of alkyl halides is 1. The van der Waals surface area contributed by atoms with Crippen LogP contribution >= 0.6 is 0 Å². The molecule has 0 spiro atoms. The van der Waals surface area contributed by atoms with Crippen molar-refractivity contribution in [2.24, 2.45) is 23.7 Å². The molecule has 2 aliphatic rings. The van der Waals surface area contributed by atoms with E-state index >= 15 is 4.39 Å². The van der Waals surface area contributed by atoms with Gasteiger partial charge in [0.05, 0.1) is 12.2 Å². The van der Waals surface area contributed by atoms with Gasteiger partial charge in [0, 0.05) is 31.3 Å². The number of hydrogen-bond donors (Lipinski definition) is 5. The molecule has 1 aromatic carbocycles. The second-order valence-electron chi connectivity index (χ2n) is 14.6. The van der Waals surface area contributed by atoms with Gasteiger partial charge in [0.1, 0.15) is 36.0 Å². The lowest BCUT2D eigenvalue weighted by atomic mass is 9.92. The summed E-state index contributed by atoms with van der Waals surface area (Å²) in [5.74, 6) is -8.41. The van der Waals surface area contributed by atoms with Crippen molar-refractivity contribution in [1.29, 1.82) is 0 Å². The molecule has 292 valence electrons. The number of nitrogens with zero attached hydrogens (tertiary/aromatic N) is 3. The molecule has 54 heavy (non-hydrogen) atoms. The van der Waals surface area contributed by atoms with Crippen LogP contribution in [0, 0.1) is 23.7 Å². The van der Waals surface area contributed by atoms with Crippen molar-refractivity contribution < 1.29 is 43.1 Å². The van der Waals surface area contributed by atoms with Crippen molar-refractivity contribution >= 4 is 41.3 Å². The van der Waals surface area contributed by atoms with E-state index in [9.17, 15) is 38.7 Å². The highest BCUT2D eigenvalue weighted by atomic mass is 19.1. The van der Waals surface area contributed by atoms with Crippen LogP contribution in [-0.2, 0) is 35.2 Å². The first-order chi connectivity index (χ1) is 25.6. The molecule has 4 rings (SSSR count). The van der Waals surface area contributed by atoms with Gasteiger partial charge in [-0.2, -0.15) is 0 Å². The van der Waals surface area contributed by atoms with E-state index in [-0.39, 0.29) is 31.5 Å². The lowest BCUT2D eigenvalue weighted by molar-refractivity contribution is -0.146. The average molecular weight is 752 g/mol. The zero-order valence-corrected chi connectivity index (χ0v) is 31.2. The van der Waals surface area contributed by atoms with Gasteiger partial charge in [-0.1, -0.05) is 71.4 Å². The summed E-state index contributed by atoms with van der Waals surface area (Å²) in [4.78, 5) is 103. The van der Waals surface area contributed by atoms with E-state index in [4.69, 9.17) is 0 Å². The van der Waals surface area contributed by atoms with Crippen molar-refractivity contribution in [3.05, 3.63) is 60.2 Å². The maximum Gasteiger partial charge on any atom is 0.326 e. The minimum atomic E-state index is -1.41. The van der Waals surface area contributed by atoms with E-state index in [1.807, 2.05) is 0 Å². The summed E-state index contributed by atoms with van der Waals surface area (Å²) < 4.78 is 15.2. The number of aliphatic carboxylic acids is 1.